The lowest BCUT2D eigenvalue weighted by Crippen LogP contribution is -2.47. The Morgan fingerprint density at radius 3 is 2.85 bits per heavy atom. The Balaban J connectivity index is 1.91. The van der Waals surface area contributed by atoms with Crippen LogP contribution in [0.25, 0.3) is 0 Å². The first-order valence-electron chi connectivity index (χ1n) is 6.91. The Labute approximate surface area is 119 Å². The molecule has 108 valence electrons. The van der Waals surface area contributed by atoms with E-state index in [4.69, 9.17) is 0 Å². The van der Waals surface area contributed by atoms with E-state index >= 15 is 0 Å². The van der Waals surface area contributed by atoms with Crippen LogP contribution in [0.3, 0.4) is 0 Å². The Hall–Kier alpha value is -1.88. The molecule has 0 aliphatic carbocycles. The summed E-state index contributed by atoms with van der Waals surface area (Å²) in [5, 5.41) is 5.75. The van der Waals surface area contributed by atoms with E-state index in [1.807, 2.05) is 0 Å². The molecule has 1 fully saturated rings. The molecule has 0 spiro atoms. The lowest BCUT2D eigenvalue weighted by Gasteiger charge is -2.30. The average Bonchev–Trinajstić information content (AvgIpc) is 2.38. The van der Waals surface area contributed by atoms with E-state index in [-0.39, 0.29) is 17.9 Å². The number of anilines is 1. The van der Waals surface area contributed by atoms with Crippen molar-refractivity contribution in [1.82, 2.24) is 10.2 Å². The standard InChI is InChI=1S/C15H21N3O2/c1-11(19)12-5-3-6-13(9-12)16-15(20)17-14-7-4-8-18(2)10-14/h3,5-6,9,14H,4,7-8,10H2,1-2H3,(H2,16,17,20). The van der Waals surface area contributed by atoms with Gasteiger partial charge >= 0.3 is 6.03 Å². The van der Waals surface area contributed by atoms with Crippen molar-refractivity contribution >= 4 is 17.5 Å². The molecule has 20 heavy (non-hydrogen) atoms. The van der Waals surface area contributed by atoms with Gasteiger partial charge in [-0.25, -0.2) is 4.79 Å². The number of rotatable bonds is 3. The number of ketones is 1. The molecule has 2 N–H and O–H groups in total. The van der Waals surface area contributed by atoms with Crippen molar-refractivity contribution in [3.63, 3.8) is 0 Å². The number of amides is 2. The van der Waals surface area contributed by atoms with Crippen LogP contribution in [0.1, 0.15) is 30.1 Å². The SMILES string of the molecule is CC(=O)c1cccc(NC(=O)NC2CCCN(C)C2)c1. The highest BCUT2D eigenvalue weighted by Gasteiger charge is 2.18. The van der Waals surface area contributed by atoms with Crippen molar-refractivity contribution < 1.29 is 9.59 Å². The minimum absolute atomic E-state index is 0.0111. The van der Waals surface area contributed by atoms with Crippen LogP contribution in [0.4, 0.5) is 10.5 Å². The Kier molecular flexibility index (Phi) is 4.74. The molecule has 0 radical (unpaired) electrons. The van der Waals surface area contributed by atoms with E-state index in [0.717, 1.165) is 25.9 Å². The van der Waals surface area contributed by atoms with Gasteiger partial charge in [0.05, 0.1) is 0 Å². The third kappa shape index (κ3) is 4.06. The van der Waals surface area contributed by atoms with Crippen molar-refractivity contribution in [2.45, 2.75) is 25.8 Å². The van der Waals surface area contributed by atoms with Crippen molar-refractivity contribution in [3.05, 3.63) is 29.8 Å². The topological polar surface area (TPSA) is 61.4 Å². The maximum Gasteiger partial charge on any atom is 0.319 e. The quantitative estimate of drug-likeness (QED) is 0.830. The molecular formula is C15H21N3O2. The smallest absolute Gasteiger partial charge is 0.319 e. The van der Waals surface area contributed by atoms with Crippen LogP contribution in [-0.4, -0.2) is 42.9 Å². The summed E-state index contributed by atoms with van der Waals surface area (Å²) in [5.74, 6) is -0.0111. The van der Waals surface area contributed by atoms with Gasteiger partial charge < -0.3 is 15.5 Å². The first-order chi connectivity index (χ1) is 9.54. The largest absolute Gasteiger partial charge is 0.334 e. The summed E-state index contributed by atoms with van der Waals surface area (Å²) >= 11 is 0. The molecule has 1 atom stereocenters. The van der Waals surface area contributed by atoms with Gasteiger partial charge in [-0.3, -0.25) is 4.79 Å². The number of nitrogens with one attached hydrogen (secondary N) is 2. The Bertz CT molecular complexity index is 502. The average molecular weight is 275 g/mol. The molecular weight excluding hydrogens is 254 g/mol. The third-order valence-corrected chi connectivity index (χ3v) is 3.49. The summed E-state index contributed by atoms with van der Waals surface area (Å²) < 4.78 is 0. The maximum absolute atomic E-state index is 11.9. The molecule has 0 aromatic heterocycles. The van der Waals surface area contributed by atoms with Crippen molar-refractivity contribution in [2.24, 2.45) is 0 Å². The van der Waals surface area contributed by atoms with Gasteiger partial charge in [0, 0.05) is 23.8 Å². The highest BCUT2D eigenvalue weighted by Crippen LogP contribution is 2.12. The van der Waals surface area contributed by atoms with Gasteiger partial charge in [0.25, 0.3) is 0 Å². The number of nitrogens with zero attached hydrogens (tertiary/aromatic N) is 1. The molecule has 2 amide bonds. The molecule has 1 aromatic carbocycles. The summed E-state index contributed by atoms with van der Waals surface area (Å²) in [6.45, 7) is 3.47. The van der Waals surface area contributed by atoms with Gasteiger partial charge in [0.1, 0.15) is 0 Å². The number of hydrogen-bond donors (Lipinski definition) is 2. The lowest BCUT2D eigenvalue weighted by molar-refractivity contribution is 0.101. The van der Waals surface area contributed by atoms with Crippen LogP contribution < -0.4 is 10.6 Å². The van der Waals surface area contributed by atoms with Crippen LogP contribution in [0.5, 0.6) is 0 Å². The summed E-state index contributed by atoms with van der Waals surface area (Å²) in [6.07, 6.45) is 2.10. The monoisotopic (exact) mass is 275 g/mol. The molecule has 0 bridgehead atoms. The highest BCUT2D eigenvalue weighted by molar-refractivity contribution is 5.96. The molecule has 5 nitrogen and oxygen atoms in total. The molecule has 1 aliphatic heterocycles. The minimum atomic E-state index is -0.217. The zero-order chi connectivity index (χ0) is 14.5. The number of likely N-dealkylation sites (N-methyl/N-ethyl adjacent to an activating group) is 1. The van der Waals surface area contributed by atoms with E-state index in [1.54, 1.807) is 24.3 Å². The fraction of sp³-hybridized carbons (Fsp3) is 0.467. The zero-order valence-corrected chi connectivity index (χ0v) is 12.0. The number of hydrogen-bond acceptors (Lipinski definition) is 3. The highest BCUT2D eigenvalue weighted by atomic mass is 16.2. The molecule has 1 saturated heterocycles. The lowest BCUT2D eigenvalue weighted by atomic mass is 10.1. The number of urea groups is 1. The van der Waals surface area contributed by atoms with E-state index < -0.39 is 0 Å². The summed E-state index contributed by atoms with van der Waals surface area (Å²) in [4.78, 5) is 25.5. The van der Waals surface area contributed by atoms with E-state index in [9.17, 15) is 9.59 Å². The first-order valence-corrected chi connectivity index (χ1v) is 6.91. The van der Waals surface area contributed by atoms with Gasteiger partial charge in [-0.15, -0.1) is 0 Å². The number of likely N-dealkylation sites (tertiary alicyclic amines) is 1. The molecule has 0 saturated carbocycles. The van der Waals surface area contributed by atoms with Gasteiger partial charge in [0.2, 0.25) is 0 Å². The molecule has 5 heteroatoms. The summed E-state index contributed by atoms with van der Waals surface area (Å²) in [6, 6.07) is 6.94. The van der Waals surface area contributed by atoms with E-state index in [0.29, 0.717) is 11.3 Å². The second-order valence-corrected chi connectivity index (χ2v) is 5.34. The van der Waals surface area contributed by atoms with E-state index in [1.165, 1.54) is 6.92 Å². The second-order valence-electron chi connectivity index (χ2n) is 5.34. The Morgan fingerprint density at radius 2 is 2.15 bits per heavy atom. The minimum Gasteiger partial charge on any atom is -0.334 e. The number of piperidine rings is 1. The van der Waals surface area contributed by atoms with Crippen molar-refractivity contribution in [3.8, 4) is 0 Å². The third-order valence-electron chi connectivity index (χ3n) is 3.49. The van der Waals surface area contributed by atoms with Crippen LogP contribution >= 0.6 is 0 Å². The van der Waals surface area contributed by atoms with Crippen LogP contribution in [0.15, 0.2) is 24.3 Å². The zero-order valence-electron chi connectivity index (χ0n) is 12.0. The van der Waals surface area contributed by atoms with Crippen molar-refractivity contribution in [1.29, 1.82) is 0 Å². The number of benzene rings is 1. The molecule has 2 rings (SSSR count). The van der Waals surface area contributed by atoms with Crippen LogP contribution in [0.2, 0.25) is 0 Å². The first kappa shape index (κ1) is 14.5. The summed E-state index contributed by atoms with van der Waals surface area (Å²) in [5.41, 5.74) is 1.24. The van der Waals surface area contributed by atoms with Crippen LogP contribution in [0, 0.1) is 0 Å². The van der Waals surface area contributed by atoms with Gasteiger partial charge in [0.15, 0.2) is 5.78 Å². The van der Waals surface area contributed by atoms with Gasteiger partial charge in [-0.05, 0) is 45.5 Å². The molecule has 1 heterocycles. The summed E-state index contributed by atoms with van der Waals surface area (Å²) in [7, 11) is 2.06. The van der Waals surface area contributed by atoms with Crippen molar-refractivity contribution in [2.75, 3.05) is 25.5 Å². The predicted octanol–water partition coefficient (Wildman–Crippen LogP) is 2.10. The molecule has 1 unspecified atom stereocenters. The molecule has 1 aromatic rings. The fourth-order valence-corrected chi connectivity index (χ4v) is 2.45. The van der Waals surface area contributed by atoms with Gasteiger partial charge in [-0.1, -0.05) is 12.1 Å². The normalized spacial score (nSPS) is 19.4. The number of carbonyl (C=O) groups excluding carboxylic acids is 2. The number of carbonyl (C=O) groups is 2. The Morgan fingerprint density at radius 1 is 1.35 bits per heavy atom. The second kappa shape index (κ2) is 6.52. The predicted molar refractivity (Wildman–Crippen MR) is 79.1 cm³/mol. The van der Waals surface area contributed by atoms with E-state index in [2.05, 4.69) is 22.6 Å². The van der Waals surface area contributed by atoms with Crippen LogP contribution in [-0.2, 0) is 0 Å². The maximum atomic E-state index is 11.9. The number of Topliss-reactive ketones (excluding diaryl/α,β-unsaturated/α-hetero) is 1. The molecule has 1 aliphatic rings. The fourth-order valence-electron chi connectivity index (χ4n) is 2.45. The van der Waals surface area contributed by atoms with Gasteiger partial charge in [-0.2, -0.15) is 0 Å².